The molecule has 0 atom stereocenters. The summed E-state index contributed by atoms with van der Waals surface area (Å²) in [6, 6.07) is 13.6. The Morgan fingerprint density at radius 3 is 2.20 bits per heavy atom. The maximum absolute atomic E-state index is 12.5. The lowest BCUT2D eigenvalue weighted by molar-refractivity contribution is -0.133. The number of amides is 1. The number of benzene rings is 1. The summed E-state index contributed by atoms with van der Waals surface area (Å²) < 4.78 is 7.41. The number of carbonyl (C=O) groups is 1. The van der Waals surface area contributed by atoms with Crippen LogP contribution < -0.4 is 9.64 Å². The standard InChI is InChI=1S/C22H26N6O2/c1-16-4-6-19(7-5-16)30-15-22(29)27-12-10-26(11-13-27)20-8-9-21(24-23-20)28-18(3)14-17(2)25-28/h4-9,14H,10-13,15H2,1-3H3. The number of piperazine rings is 1. The Kier molecular flexibility index (Phi) is 5.65. The van der Waals surface area contributed by atoms with Crippen molar-refractivity contribution in [1.29, 1.82) is 0 Å². The molecular formula is C22H26N6O2. The molecule has 1 fully saturated rings. The third-order valence-electron chi connectivity index (χ3n) is 5.20. The predicted molar refractivity (Wildman–Crippen MR) is 114 cm³/mol. The highest BCUT2D eigenvalue weighted by Crippen LogP contribution is 2.16. The van der Waals surface area contributed by atoms with E-state index < -0.39 is 0 Å². The first kappa shape index (κ1) is 19.9. The summed E-state index contributed by atoms with van der Waals surface area (Å²) in [6.45, 7) is 8.72. The van der Waals surface area contributed by atoms with Crippen LogP contribution in [0.4, 0.5) is 5.82 Å². The molecule has 0 saturated carbocycles. The van der Waals surface area contributed by atoms with Crippen LogP contribution in [0.2, 0.25) is 0 Å². The molecule has 1 aliphatic rings. The average Bonchev–Trinajstić information content (AvgIpc) is 3.11. The zero-order valence-corrected chi connectivity index (χ0v) is 17.6. The summed E-state index contributed by atoms with van der Waals surface area (Å²) in [5.41, 5.74) is 3.14. The minimum absolute atomic E-state index is 0.00110. The first-order valence-electron chi connectivity index (χ1n) is 10.1. The average molecular weight is 406 g/mol. The Morgan fingerprint density at radius 2 is 1.60 bits per heavy atom. The Labute approximate surface area is 176 Å². The minimum Gasteiger partial charge on any atom is -0.484 e. The van der Waals surface area contributed by atoms with Gasteiger partial charge >= 0.3 is 0 Å². The van der Waals surface area contributed by atoms with Gasteiger partial charge in [-0.1, -0.05) is 17.7 Å². The number of aromatic nitrogens is 4. The van der Waals surface area contributed by atoms with Gasteiger partial charge in [0, 0.05) is 31.9 Å². The Bertz CT molecular complexity index is 1010. The first-order chi connectivity index (χ1) is 14.5. The van der Waals surface area contributed by atoms with Gasteiger partial charge in [0.1, 0.15) is 5.75 Å². The fourth-order valence-electron chi connectivity index (χ4n) is 3.52. The summed E-state index contributed by atoms with van der Waals surface area (Å²) in [4.78, 5) is 16.4. The van der Waals surface area contributed by atoms with Gasteiger partial charge in [-0.05, 0) is 51.1 Å². The topological polar surface area (TPSA) is 76.4 Å². The highest BCUT2D eigenvalue weighted by Gasteiger charge is 2.22. The number of carbonyl (C=O) groups excluding carboxylic acids is 1. The van der Waals surface area contributed by atoms with E-state index in [1.54, 1.807) is 4.68 Å². The van der Waals surface area contributed by atoms with Crippen LogP contribution in [-0.4, -0.2) is 63.6 Å². The number of ether oxygens (including phenoxy) is 1. The summed E-state index contributed by atoms with van der Waals surface area (Å²) in [6.07, 6.45) is 0. The highest BCUT2D eigenvalue weighted by molar-refractivity contribution is 5.78. The number of hydrogen-bond acceptors (Lipinski definition) is 6. The number of anilines is 1. The van der Waals surface area contributed by atoms with Crippen molar-refractivity contribution in [2.45, 2.75) is 20.8 Å². The number of hydrogen-bond donors (Lipinski definition) is 0. The second kappa shape index (κ2) is 8.52. The Balaban J connectivity index is 1.30. The Morgan fingerprint density at radius 1 is 0.933 bits per heavy atom. The van der Waals surface area contributed by atoms with E-state index in [1.807, 2.05) is 68.1 Å². The fourth-order valence-corrected chi connectivity index (χ4v) is 3.52. The van der Waals surface area contributed by atoms with Gasteiger partial charge in [0.25, 0.3) is 5.91 Å². The second-order valence-electron chi connectivity index (χ2n) is 7.56. The van der Waals surface area contributed by atoms with Crippen LogP contribution in [0.25, 0.3) is 5.82 Å². The summed E-state index contributed by atoms with van der Waals surface area (Å²) >= 11 is 0. The van der Waals surface area contributed by atoms with E-state index in [2.05, 4.69) is 20.2 Å². The van der Waals surface area contributed by atoms with Gasteiger partial charge in [-0.2, -0.15) is 5.10 Å². The van der Waals surface area contributed by atoms with Gasteiger partial charge in [-0.25, -0.2) is 4.68 Å². The number of rotatable bonds is 5. The van der Waals surface area contributed by atoms with Crippen LogP contribution in [0.5, 0.6) is 5.75 Å². The molecule has 8 nitrogen and oxygen atoms in total. The molecule has 0 radical (unpaired) electrons. The van der Waals surface area contributed by atoms with Gasteiger partial charge < -0.3 is 14.5 Å². The first-order valence-corrected chi connectivity index (χ1v) is 10.1. The van der Waals surface area contributed by atoms with Crippen LogP contribution in [0.15, 0.2) is 42.5 Å². The van der Waals surface area contributed by atoms with Crippen molar-refractivity contribution in [2.75, 3.05) is 37.7 Å². The molecule has 156 valence electrons. The van der Waals surface area contributed by atoms with Gasteiger partial charge in [0.2, 0.25) is 0 Å². The molecule has 2 aromatic heterocycles. The van der Waals surface area contributed by atoms with E-state index in [0.29, 0.717) is 37.7 Å². The van der Waals surface area contributed by atoms with E-state index in [9.17, 15) is 4.79 Å². The molecule has 3 aromatic rings. The van der Waals surface area contributed by atoms with Crippen molar-refractivity contribution < 1.29 is 9.53 Å². The summed E-state index contributed by atoms with van der Waals surface area (Å²) in [5, 5.41) is 13.1. The van der Waals surface area contributed by atoms with Crippen LogP contribution in [-0.2, 0) is 4.79 Å². The minimum atomic E-state index is 0.00110. The van der Waals surface area contributed by atoms with E-state index in [0.717, 1.165) is 22.8 Å². The van der Waals surface area contributed by atoms with Crippen molar-refractivity contribution in [3.8, 4) is 11.6 Å². The molecule has 0 aliphatic carbocycles. The molecule has 0 unspecified atom stereocenters. The summed E-state index contributed by atoms with van der Waals surface area (Å²) in [5.74, 6) is 2.22. The van der Waals surface area contributed by atoms with Crippen molar-refractivity contribution in [3.63, 3.8) is 0 Å². The van der Waals surface area contributed by atoms with Crippen molar-refractivity contribution in [2.24, 2.45) is 0 Å². The molecule has 4 rings (SSSR count). The lowest BCUT2D eigenvalue weighted by Gasteiger charge is -2.35. The van der Waals surface area contributed by atoms with E-state index in [4.69, 9.17) is 4.74 Å². The normalized spacial score (nSPS) is 14.1. The molecule has 30 heavy (non-hydrogen) atoms. The molecular weight excluding hydrogens is 380 g/mol. The van der Waals surface area contributed by atoms with Crippen LogP contribution in [0.3, 0.4) is 0 Å². The lowest BCUT2D eigenvalue weighted by Crippen LogP contribution is -2.50. The zero-order chi connectivity index (χ0) is 21.1. The molecule has 1 aliphatic heterocycles. The molecule has 0 N–H and O–H groups in total. The maximum Gasteiger partial charge on any atom is 0.260 e. The quantitative estimate of drug-likeness (QED) is 0.647. The van der Waals surface area contributed by atoms with Crippen molar-refractivity contribution >= 4 is 11.7 Å². The van der Waals surface area contributed by atoms with Crippen molar-refractivity contribution in [1.82, 2.24) is 24.9 Å². The molecule has 0 spiro atoms. The van der Waals surface area contributed by atoms with E-state index in [1.165, 1.54) is 0 Å². The lowest BCUT2D eigenvalue weighted by atomic mass is 10.2. The fraction of sp³-hybridized carbons (Fsp3) is 0.364. The highest BCUT2D eigenvalue weighted by atomic mass is 16.5. The molecule has 0 bridgehead atoms. The predicted octanol–water partition coefficient (Wildman–Crippen LogP) is 2.32. The van der Waals surface area contributed by atoms with Gasteiger partial charge in [0.15, 0.2) is 18.2 Å². The smallest absolute Gasteiger partial charge is 0.260 e. The van der Waals surface area contributed by atoms with Gasteiger partial charge in [-0.15, -0.1) is 10.2 Å². The molecule has 1 amide bonds. The summed E-state index contributed by atoms with van der Waals surface area (Å²) in [7, 11) is 0. The van der Waals surface area contributed by atoms with Crippen LogP contribution in [0.1, 0.15) is 17.0 Å². The SMILES string of the molecule is Cc1ccc(OCC(=O)N2CCN(c3ccc(-n4nc(C)cc4C)nn3)CC2)cc1. The monoisotopic (exact) mass is 406 g/mol. The van der Waals surface area contributed by atoms with Crippen molar-refractivity contribution in [3.05, 3.63) is 59.4 Å². The van der Waals surface area contributed by atoms with E-state index in [-0.39, 0.29) is 12.5 Å². The third-order valence-corrected chi connectivity index (χ3v) is 5.20. The molecule has 1 aromatic carbocycles. The second-order valence-corrected chi connectivity index (χ2v) is 7.56. The molecule has 8 heteroatoms. The Hall–Kier alpha value is -3.42. The van der Waals surface area contributed by atoms with E-state index >= 15 is 0 Å². The largest absolute Gasteiger partial charge is 0.484 e. The maximum atomic E-state index is 12.5. The zero-order valence-electron chi connectivity index (χ0n) is 17.6. The van der Waals surface area contributed by atoms with Gasteiger partial charge in [-0.3, -0.25) is 4.79 Å². The molecule has 3 heterocycles. The molecule has 1 saturated heterocycles. The third kappa shape index (κ3) is 4.42. The number of nitrogens with zero attached hydrogens (tertiary/aromatic N) is 6. The van der Waals surface area contributed by atoms with Crippen LogP contribution in [0, 0.1) is 20.8 Å². The number of aryl methyl sites for hydroxylation is 3. The van der Waals surface area contributed by atoms with Crippen LogP contribution >= 0.6 is 0 Å². The van der Waals surface area contributed by atoms with Gasteiger partial charge in [0.05, 0.1) is 5.69 Å².